The van der Waals surface area contributed by atoms with Crippen LogP contribution < -0.4 is 10.2 Å². The number of benzene rings is 2. The highest BCUT2D eigenvalue weighted by Gasteiger charge is 2.24. The number of fused-ring (bicyclic) bond motifs is 1. The molecule has 0 fully saturated rings. The van der Waals surface area contributed by atoms with E-state index in [1.807, 2.05) is 32.0 Å². The molecule has 0 aliphatic carbocycles. The zero-order valence-corrected chi connectivity index (χ0v) is 13.0. The molecular weight excluding hydrogens is 284 g/mol. The minimum Gasteiger partial charge on any atom is -0.389 e. The molecule has 0 spiro atoms. The van der Waals surface area contributed by atoms with Gasteiger partial charge in [0.1, 0.15) is 0 Å². The van der Waals surface area contributed by atoms with E-state index in [2.05, 4.69) is 34.5 Å². The van der Waals surface area contributed by atoms with Gasteiger partial charge in [0.05, 0.1) is 23.6 Å². The quantitative estimate of drug-likeness (QED) is 0.900. The summed E-state index contributed by atoms with van der Waals surface area (Å²) in [5.74, 6) is 0. The monoisotopic (exact) mass is 302 g/mol. The summed E-state index contributed by atoms with van der Waals surface area (Å²) < 4.78 is 0. The maximum Gasteiger partial charge on any atom is 0.0878 e. The highest BCUT2D eigenvalue weighted by atomic mass is 35.5. The molecule has 0 amide bonds. The molecule has 0 radical (unpaired) electrons. The maximum atomic E-state index is 10.0. The molecule has 21 heavy (non-hydrogen) atoms. The van der Waals surface area contributed by atoms with Crippen LogP contribution in [0.1, 0.15) is 13.8 Å². The van der Waals surface area contributed by atoms with Gasteiger partial charge in [-0.15, -0.1) is 0 Å². The first-order valence-electron chi connectivity index (χ1n) is 7.04. The Bertz CT molecular complexity index is 664. The molecule has 110 valence electrons. The summed E-state index contributed by atoms with van der Waals surface area (Å²) in [5, 5.41) is 14.1. The zero-order chi connectivity index (χ0) is 15.0. The molecule has 3 rings (SSSR count). The second kappa shape index (κ2) is 5.24. The van der Waals surface area contributed by atoms with E-state index >= 15 is 0 Å². The van der Waals surface area contributed by atoms with Crippen molar-refractivity contribution in [2.24, 2.45) is 0 Å². The molecule has 1 aliphatic heterocycles. The van der Waals surface area contributed by atoms with E-state index in [9.17, 15) is 5.11 Å². The SMILES string of the molecule is CC(C)(O)CN1CNc2ccc(-c3cccc(Cl)c3)cc21. The lowest BCUT2D eigenvalue weighted by molar-refractivity contribution is 0.0880. The Labute approximate surface area is 130 Å². The van der Waals surface area contributed by atoms with E-state index in [0.717, 1.165) is 34.2 Å². The van der Waals surface area contributed by atoms with Crippen molar-refractivity contribution in [1.29, 1.82) is 0 Å². The van der Waals surface area contributed by atoms with Crippen LogP contribution in [0.3, 0.4) is 0 Å². The minimum atomic E-state index is -0.727. The molecule has 3 nitrogen and oxygen atoms in total. The van der Waals surface area contributed by atoms with E-state index in [0.29, 0.717) is 6.54 Å². The number of nitrogens with one attached hydrogen (secondary N) is 1. The Balaban J connectivity index is 1.95. The number of nitrogens with zero attached hydrogens (tertiary/aromatic N) is 1. The molecule has 0 aromatic heterocycles. The van der Waals surface area contributed by atoms with Crippen LogP contribution in [0.5, 0.6) is 0 Å². The topological polar surface area (TPSA) is 35.5 Å². The van der Waals surface area contributed by atoms with Gasteiger partial charge in [0.25, 0.3) is 0 Å². The van der Waals surface area contributed by atoms with Crippen molar-refractivity contribution >= 4 is 23.0 Å². The normalized spacial score (nSPS) is 14.0. The molecule has 1 aliphatic rings. The highest BCUT2D eigenvalue weighted by molar-refractivity contribution is 6.30. The molecule has 2 N–H and O–H groups in total. The Kier molecular flexibility index (Phi) is 3.56. The fraction of sp³-hybridized carbons (Fsp3) is 0.294. The number of aliphatic hydroxyl groups is 1. The smallest absolute Gasteiger partial charge is 0.0878 e. The van der Waals surface area contributed by atoms with Crippen LogP contribution in [0.15, 0.2) is 42.5 Å². The van der Waals surface area contributed by atoms with Crippen molar-refractivity contribution in [1.82, 2.24) is 0 Å². The summed E-state index contributed by atoms with van der Waals surface area (Å²) in [7, 11) is 0. The van der Waals surface area contributed by atoms with Crippen LogP contribution in [0, 0.1) is 0 Å². The fourth-order valence-electron chi connectivity index (χ4n) is 2.66. The molecule has 4 heteroatoms. The van der Waals surface area contributed by atoms with E-state index < -0.39 is 5.60 Å². The summed E-state index contributed by atoms with van der Waals surface area (Å²) >= 11 is 6.07. The largest absolute Gasteiger partial charge is 0.389 e. The third-order valence-corrected chi connectivity index (χ3v) is 3.77. The third kappa shape index (κ3) is 3.14. The Hall–Kier alpha value is -1.71. The van der Waals surface area contributed by atoms with Gasteiger partial charge in [-0.2, -0.15) is 0 Å². The van der Waals surface area contributed by atoms with Crippen LogP contribution in [-0.4, -0.2) is 23.9 Å². The summed E-state index contributed by atoms with van der Waals surface area (Å²) in [6, 6.07) is 14.2. The molecule has 2 aromatic carbocycles. The molecule has 0 saturated carbocycles. The fourth-order valence-corrected chi connectivity index (χ4v) is 2.85. The van der Waals surface area contributed by atoms with Gasteiger partial charge < -0.3 is 15.3 Å². The summed E-state index contributed by atoms with van der Waals surface area (Å²) in [5.41, 5.74) is 3.72. The van der Waals surface area contributed by atoms with E-state index in [1.54, 1.807) is 0 Å². The molecule has 1 heterocycles. The van der Waals surface area contributed by atoms with Crippen molar-refractivity contribution < 1.29 is 5.11 Å². The second-order valence-electron chi connectivity index (χ2n) is 6.09. The van der Waals surface area contributed by atoms with Gasteiger partial charge in [-0.25, -0.2) is 0 Å². The molecular formula is C17H19ClN2O. The first-order chi connectivity index (χ1) is 9.92. The van der Waals surface area contributed by atoms with Crippen LogP contribution in [0.4, 0.5) is 11.4 Å². The summed E-state index contributed by atoms with van der Waals surface area (Å²) in [4.78, 5) is 2.16. The van der Waals surface area contributed by atoms with E-state index in [-0.39, 0.29) is 0 Å². The number of β-amino-alcohol motifs (C(OH)–C–C–N with tert-alkyl or cyclic N) is 1. The highest BCUT2D eigenvalue weighted by Crippen LogP contribution is 2.36. The average Bonchev–Trinajstić information content (AvgIpc) is 2.79. The predicted molar refractivity (Wildman–Crippen MR) is 89.0 cm³/mol. The average molecular weight is 303 g/mol. The van der Waals surface area contributed by atoms with Crippen LogP contribution in [0.2, 0.25) is 5.02 Å². The Morgan fingerprint density at radius 1 is 1.19 bits per heavy atom. The second-order valence-corrected chi connectivity index (χ2v) is 6.52. The summed E-state index contributed by atoms with van der Waals surface area (Å²) in [6.45, 7) is 4.96. The van der Waals surface area contributed by atoms with E-state index in [4.69, 9.17) is 11.6 Å². The van der Waals surface area contributed by atoms with Gasteiger partial charge in [0.2, 0.25) is 0 Å². The van der Waals surface area contributed by atoms with Crippen LogP contribution in [0.25, 0.3) is 11.1 Å². The van der Waals surface area contributed by atoms with Crippen LogP contribution in [-0.2, 0) is 0 Å². The lowest BCUT2D eigenvalue weighted by Gasteiger charge is -2.26. The first-order valence-corrected chi connectivity index (χ1v) is 7.41. The third-order valence-electron chi connectivity index (χ3n) is 3.53. The van der Waals surface area contributed by atoms with Crippen molar-refractivity contribution in [3.8, 4) is 11.1 Å². The minimum absolute atomic E-state index is 0.589. The lowest BCUT2D eigenvalue weighted by Crippen LogP contribution is -2.38. The van der Waals surface area contributed by atoms with Crippen molar-refractivity contribution in [3.05, 3.63) is 47.5 Å². The number of hydrogen-bond acceptors (Lipinski definition) is 3. The van der Waals surface area contributed by atoms with Gasteiger partial charge in [-0.1, -0.05) is 29.8 Å². The zero-order valence-electron chi connectivity index (χ0n) is 12.2. The van der Waals surface area contributed by atoms with Gasteiger partial charge in [0.15, 0.2) is 0 Å². The number of halogens is 1. The number of hydrogen-bond donors (Lipinski definition) is 2. The molecule has 2 aromatic rings. The Morgan fingerprint density at radius 2 is 1.95 bits per heavy atom. The molecule has 0 bridgehead atoms. The van der Waals surface area contributed by atoms with Gasteiger partial charge >= 0.3 is 0 Å². The lowest BCUT2D eigenvalue weighted by atomic mass is 10.0. The predicted octanol–water partition coefficient (Wildman–Crippen LogP) is 3.97. The first kappa shape index (κ1) is 14.2. The van der Waals surface area contributed by atoms with Gasteiger partial charge in [-0.05, 0) is 49.2 Å². The number of anilines is 2. The van der Waals surface area contributed by atoms with Gasteiger partial charge in [-0.3, -0.25) is 0 Å². The molecule has 0 unspecified atom stereocenters. The van der Waals surface area contributed by atoms with Crippen molar-refractivity contribution in [3.63, 3.8) is 0 Å². The van der Waals surface area contributed by atoms with Crippen molar-refractivity contribution in [2.75, 3.05) is 23.4 Å². The van der Waals surface area contributed by atoms with E-state index in [1.165, 1.54) is 0 Å². The molecule has 0 atom stereocenters. The van der Waals surface area contributed by atoms with Gasteiger partial charge in [0, 0.05) is 11.6 Å². The maximum absolute atomic E-state index is 10.0. The van der Waals surface area contributed by atoms with Crippen molar-refractivity contribution in [2.45, 2.75) is 19.4 Å². The summed E-state index contributed by atoms with van der Waals surface area (Å²) in [6.07, 6.45) is 0. The standard InChI is InChI=1S/C17H19ClN2O/c1-17(2,21)10-20-11-19-15-7-6-13(9-16(15)20)12-4-3-5-14(18)8-12/h3-9,19,21H,10-11H2,1-2H3. The Morgan fingerprint density at radius 3 is 2.67 bits per heavy atom. The molecule has 0 saturated heterocycles. The van der Waals surface area contributed by atoms with Crippen LogP contribution >= 0.6 is 11.6 Å². The number of rotatable bonds is 3.